The molecule has 0 spiro atoms. The van der Waals surface area contributed by atoms with Gasteiger partial charge in [0.05, 0.1) is 112 Å². The lowest BCUT2D eigenvalue weighted by Gasteiger charge is -2.09. The van der Waals surface area contributed by atoms with Crippen LogP contribution in [-0.4, -0.2) is 137 Å². The first-order valence-corrected chi connectivity index (χ1v) is 16.3. The van der Waals surface area contributed by atoms with Gasteiger partial charge in [-0.25, -0.2) is 4.79 Å². The molecule has 0 aliphatic heterocycles. The molecular formula is C31H62O12. The highest BCUT2D eigenvalue weighted by molar-refractivity contribution is 5.56. The molecule has 12 heteroatoms. The minimum atomic E-state index is -1.31. The summed E-state index contributed by atoms with van der Waals surface area (Å²) in [7, 11) is 0. The molecular weight excluding hydrogens is 564 g/mol. The quantitative estimate of drug-likeness (QED) is 0.0750. The fourth-order valence-corrected chi connectivity index (χ4v) is 3.74. The van der Waals surface area contributed by atoms with Crippen LogP contribution in [-0.2, 0) is 47.4 Å². The summed E-state index contributed by atoms with van der Waals surface area (Å²) in [6.07, 6.45) is 12.1. The van der Waals surface area contributed by atoms with Gasteiger partial charge in [-0.15, -0.1) is 0 Å². The maximum absolute atomic E-state index is 10.1. The van der Waals surface area contributed by atoms with Crippen LogP contribution >= 0.6 is 0 Å². The first kappa shape index (κ1) is 41.9. The summed E-state index contributed by atoms with van der Waals surface area (Å²) in [4.78, 5) is 10.1. The number of hydrogen-bond donors (Lipinski definition) is 1. The fourth-order valence-electron chi connectivity index (χ4n) is 3.74. The number of carboxylic acid groups (broad SMARTS) is 1. The summed E-state index contributed by atoms with van der Waals surface area (Å²) in [5, 5.41) is 8.30. The van der Waals surface area contributed by atoms with Crippen LogP contribution in [0, 0.1) is 0 Å². The molecule has 0 radical (unpaired) electrons. The molecule has 0 atom stereocenters. The first-order valence-electron chi connectivity index (χ1n) is 16.3. The Morgan fingerprint density at radius 3 is 0.860 bits per heavy atom. The van der Waals surface area contributed by atoms with Crippen LogP contribution < -0.4 is 0 Å². The molecule has 0 saturated heterocycles. The van der Waals surface area contributed by atoms with E-state index in [4.69, 9.17) is 47.7 Å². The third-order valence-corrected chi connectivity index (χ3v) is 6.07. The molecule has 0 fully saturated rings. The van der Waals surface area contributed by atoms with Crippen molar-refractivity contribution >= 4 is 6.16 Å². The zero-order valence-electron chi connectivity index (χ0n) is 26.9. The van der Waals surface area contributed by atoms with Crippen molar-refractivity contribution < 1.29 is 57.3 Å². The maximum Gasteiger partial charge on any atom is 0.505 e. The van der Waals surface area contributed by atoms with E-state index >= 15 is 0 Å². The Labute approximate surface area is 260 Å². The molecule has 12 nitrogen and oxygen atoms in total. The van der Waals surface area contributed by atoms with Gasteiger partial charge in [0.15, 0.2) is 0 Å². The summed E-state index contributed by atoms with van der Waals surface area (Å²) in [6, 6.07) is 0. The molecule has 0 unspecified atom stereocenters. The van der Waals surface area contributed by atoms with Crippen LogP contribution in [0.4, 0.5) is 4.79 Å². The van der Waals surface area contributed by atoms with Gasteiger partial charge in [0.2, 0.25) is 0 Å². The minimum Gasteiger partial charge on any atom is -0.450 e. The van der Waals surface area contributed by atoms with Crippen molar-refractivity contribution in [3.05, 3.63) is 0 Å². The van der Waals surface area contributed by atoms with Crippen molar-refractivity contribution in [2.75, 3.05) is 126 Å². The van der Waals surface area contributed by atoms with E-state index in [1.807, 2.05) is 0 Å². The summed E-state index contributed by atoms with van der Waals surface area (Å²) in [5.74, 6) is 0. The van der Waals surface area contributed by atoms with E-state index in [9.17, 15) is 4.79 Å². The largest absolute Gasteiger partial charge is 0.505 e. The highest BCUT2D eigenvalue weighted by atomic mass is 16.7. The standard InChI is InChI=1S/C31H62O12/c1-2-3-4-5-6-7-8-9-10-11-12-34-13-14-35-15-16-36-17-18-37-19-20-38-21-22-39-23-24-40-25-26-41-27-28-42-29-30-43-31(32)33/h2-30H2,1H3,(H,32,33). The molecule has 0 aromatic carbocycles. The molecule has 0 aromatic heterocycles. The van der Waals surface area contributed by atoms with E-state index in [1.54, 1.807) is 0 Å². The highest BCUT2D eigenvalue weighted by Crippen LogP contribution is 2.10. The van der Waals surface area contributed by atoms with Crippen LogP contribution in [0.3, 0.4) is 0 Å². The number of hydrogen-bond acceptors (Lipinski definition) is 11. The fraction of sp³-hybridized carbons (Fsp3) is 0.968. The van der Waals surface area contributed by atoms with Crippen molar-refractivity contribution in [1.82, 2.24) is 0 Å². The maximum atomic E-state index is 10.1. The average molecular weight is 627 g/mol. The van der Waals surface area contributed by atoms with Crippen LogP contribution in [0.1, 0.15) is 71.1 Å². The monoisotopic (exact) mass is 626 g/mol. The number of unbranched alkanes of at least 4 members (excludes halogenated alkanes) is 9. The van der Waals surface area contributed by atoms with Gasteiger partial charge in [-0.05, 0) is 6.42 Å². The van der Waals surface area contributed by atoms with E-state index in [0.717, 1.165) is 13.0 Å². The first-order chi connectivity index (χ1) is 21.3. The predicted molar refractivity (Wildman–Crippen MR) is 163 cm³/mol. The Balaban J connectivity index is 3.03. The second-order valence-electron chi connectivity index (χ2n) is 9.81. The Kier molecular flexibility index (Phi) is 37.9. The summed E-state index contributed by atoms with van der Waals surface area (Å²) in [5.41, 5.74) is 0. The van der Waals surface area contributed by atoms with Gasteiger partial charge >= 0.3 is 6.16 Å². The van der Waals surface area contributed by atoms with Crippen LogP contribution in [0.5, 0.6) is 0 Å². The van der Waals surface area contributed by atoms with E-state index in [1.165, 1.54) is 57.8 Å². The van der Waals surface area contributed by atoms with E-state index in [0.29, 0.717) is 106 Å². The van der Waals surface area contributed by atoms with Gasteiger partial charge in [0, 0.05) is 6.61 Å². The van der Waals surface area contributed by atoms with Crippen molar-refractivity contribution in [3.8, 4) is 0 Å². The normalized spacial score (nSPS) is 11.4. The third kappa shape index (κ3) is 40.9. The van der Waals surface area contributed by atoms with Gasteiger partial charge in [-0.2, -0.15) is 0 Å². The SMILES string of the molecule is CCCCCCCCCCCCOCCOCCOCCOCCOCCOCCOCCOCCOCCOC(=O)O. The molecule has 0 bridgehead atoms. The molecule has 0 aliphatic carbocycles. The average Bonchev–Trinajstić information content (AvgIpc) is 3.00. The Bertz CT molecular complexity index is 527. The molecule has 0 heterocycles. The smallest absolute Gasteiger partial charge is 0.450 e. The zero-order chi connectivity index (χ0) is 31.2. The summed E-state index contributed by atoms with van der Waals surface area (Å²) >= 11 is 0. The molecule has 0 aromatic rings. The molecule has 0 aliphatic rings. The van der Waals surface area contributed by atoms with E-state index in [-0.39, 0.29) is 13.2 Å². The molecule has 0 amide bonds. The van der Waals surface area contributed by atoms with Crippen molar-refractivity contribution in [1.29, 1.82) is 0 Å². The summed E-state index contributed by atoms with van der Waals surface area (Å²) < 4.78 is 53.2. The molecule has 43 heavy (non-hydrogen) atoms. The van der Waals surface area contributed by atoms with Crippen molar-refractivity contribution in [2.45, 2.75) is 71.1 Å². The predicted octanol–water partition coefficient (Wildman–Crippen LogP) is 4.75. The number of rotatable bonds is 38. The second kappa shape index (κ2) is 38.9. The lowest BCUT2D eigenvalue weighted by atomic mass is 10.1. The van der Waals surface area contributed by atoms with E-state index in [2.05, 4.69) is 11.7 Å². The molecule has 1 N–H and O–H groups in total. The highest BCUT2D eigenvalue weighted by Gasteiger charge is 1.98. The van der Waals surface area contributed by atoms with Crippen molar-refractivity contribution in [3.63, 3.8) is 0 Å². The number of ether oxygens (including phenoxy) is 10. The Hall–Kier alpha value is -1.09. The Morgan fingerprint density at radius 1 is 0.349 bits per heavy atom. The van der Waals surface area contributed by atoms with Gasteiger partial charge in [-0.3, -0.25) is 0 Å². The molecule has 0 rings (SSSR count). The lowest BCUT2D eigenvalue weighted by molar-refractivity contribution is -0.0260. The van der Waals surface area contributed by atoms with Gasteiger partial charge in [0.25, 0.3) is 0 Å². The molecule has 0 saturated carbocycles. The van der Waals surface area contributed by atoms with Gasteiger partial charge < -0.3 is 52.5 Å². The second-order valence-corrected chi connectivity index (χ2v) is 9.81. The number of carbonyl (C=O) groups is 1. The molecule has 258 valence electrons. The van der Waals surface area contributed by atoms with E-state index < -0.39 is 6.16 Å². The van der Waals surface area contributed by atoms with Gasteiger partial charge in [-0.1, -0.05) is 64.7 Å². The topological polar surface area (TPSA) is 130 Å². The lowest BCUT2D eigenvalue weighted by Crippen LogP contribution is -2.15. The summed E-state index contributed by atoms with van der Waals surface area (Å²) in [6.45, 7) is 11.4. The van der Waals surface area contributed by atoms with Gasteiger partial charge in [0.1, 0.15) is 6.61 Å². The third-order valence-electron chi connectivity index (χ3n) is 6.07. The van der Waals surface area contributed by atoms with Crippen LogP contribution in [0.25, 0.3) is 0 Å². The van der Waals surface area contributed by atoms with Crippen molar-refractivity contribution in [2.24, 2.45) is 0 Å². The zero-order valence-corrected chi connectivity index (χ0v) is 26.9. The minimum absolute atomic E-state index is 0.0140. The van der Waals surface area contributed by atoms with Crippen LogP contribution in [0.2, 0.25) is 0 Å². The van der Waals surface area contributed by atoms with Crippen LogP contribution in [0.15, 0.2) is 0 Å². The Morgan fingerprint density at radius 2 is 0.581 bits per heavy atom.